The molecule has 0 bridgehead atoms. The first kappa shape index (κ1) is 14.7. The Morgan fingerprint density at radius 3 is 2.45 bits per heavy atom. The van der Waals surface area contributed by atoms with Gasteiger partial charge in [-0.25, -0.2) is 12.8 Å². The highest BCUT2D eigenvalue weighted by Gasteiger charge is 2.47. The molecule has 4 nitrogen and oxygen atoms in total. The molecular weight excluding hydrogens is 283 g/mol. The van der Waals surface area contributed by atoms with E-state index in [1.165, 1.54) is 25.3 Å². The second kappa shape index (κ2) is 5.01. The summed E-state index contributed by atoms with van der Waals surface area (Å²) in [5.41, 5.74) is -1.18. The lowest BCUT2D eigenvalue weighted by atomic mass is 9.90. The Balaban J connectivity index is 2.49. The van der Waals surface area contributed by atoms with Gasteiger partial charge in [-0.1, -0.05) is 6.08 Å². The van der Waals surface area contributed by atoms with E-state index in [2.05, 4.69) is 0 Å². The summed E-state index contributed by atoms with van der Waals surface area (Å²) in [5.74, 6) is -1.09. The molecule has 1 aromatic rings. The lowest BCUT2D eigenvalue weighted by Gasteiger charge is -2.24. The average Bonchev–Trinajstić information content (AvgIpc) is 2.82. The van der Waals surface area contributed by atoms with Gasteiger partial charge in [0.15, 0.2) is 0 Å². The van der Waals surface area contributed by atoms with Gasteiger partial charge in [-0.3, -0.25) is 4.79 Å². The third-order valence-corrected chi connectivity index (χ3v) is 5.66. The molecule has 0 fully saturated rings. The SMILES string of the molecule is COC(=O)C1(C)CCC=C1S(=O)(=O)c1ccc(F)cc1. The van der Waals surface area contributed by atoms with Crippen LogP contribution in [0.4, 0.5) is 4.39 Å². The van der Waals surface area contributed by atoms with Gasteiger partial charge in [-0.2, -0.15) is 0 Å². The average molecular weight is 298 g/mol. The van der Waals surface area contributed by atoms with Crippen LogP contribution < -0.4 is 0 Å². The van der Waals surface area contributed by atoms with Gasteiger partial charge in [0.25, 0.3) is 0 Å². The highest BCUT2D eigenvalue weighted by Crippen LogP contribution is 2.44. The monoisotopic (exact) mass is 298 g/mol. The van der Waals surface area contributed by atoms with Crippen LogP contribution in [0.25, 0.3) is 0 Å². The first-order chi connectivity index (χ1) is 9.32. The minimum atomic E-state index is -3.82. The maximum absolute atomic E-state index is 12.9. The highest BCUT2D eigenvalue weighted by atomic mass is 32.2. The smallest absolute Gasteiger partial charge is 0.316 e. The molecule has 0 spiro atoms. The van der Waals surface area contributed by atoms with Gasteiger partial charge in [-0.05, 0) is 44.0 Å². The molecule has 0 N–H and O–H groups in total. The van der Waals surface area contributed by atoms with Crippen molar-refractivity contribution >= 4 is 15.8 Å². The number of hydrogen-bond acceptors (Lipinski definition) is 4. The summed E-state index contributed by atoms with van der Waals surface area (Å²) in [6.45, 7) is 1.55. The van der Waals surface area contributed by atoms with E-state index in [-0.39, 0.29) is 9.80 Å². The molecule has 1 atom stereocenters. The van der Waals surface area contributed by atoms with Crippen LogP contribution in [0.5, 0.6) is 0 Å². The fraction of sp³-hybridized carbons (Fsp3) is 0.357. The molecule has 20 heavy (non-hydrogen) atoms. The minimum Gasteiger partial charge on any atom is -0.468 e. The molecule has 0 aromatic heterocycles. The van der Waals surface area contributed by atoms with Crippen molar-refractivity contribution in [2.24, 2.45) is 5.41 Å². The van der Waals surface area contributed by atoms with Crippen LogP contribution in [0.2, 0.25) is 0 Å². The second-order valence-corrected chi connectivity index (χ2v) is 6.81. The molecule has 108 valence electrons. The van der Waals surface area contributed by atoms with Gasteiger partial charge in [0.05, 0.1) is 16.9 Å². The molecule has 2 rings (SSSR count). The van der Waals surface area contributed by atoms with Crippen molar-refractivity contribution in [2.75, 3.05) is 7.11 Å². The molecule has 0 saturated heterocycles. The van der Waals surface area contributed by atoms with Crippen molar-refractivity contribution in [3.05, 3.63) is 41.1 Å². The van der Waals surface area contributed by atoms with Crippen LogP contribution in [0.3, 0.4) is 0 Å². The van der Waals surface area contributed by atoms with E-state index in [4.69, 9.17) is 4.74 Å². The van der Waals surface area contributed by atoms with Crippen LogP contribution in [-0.4, -0.2) is 21.5 Å². The second-order valence-electron chi connectivity index (χ2n) is 4.89. The summed E-state index contributed by atoms with van der Waals surface area (Å²) in [5, 5.41) is 0. The lowest BCUT2D eigenvalue weighted by molar-refractivity contribution is -0.149. The zero-order valence-electron chi connectivity index (χ0n) is 11.2. The standard InChI is InChI=1S/C14H15FO4S/c1-14(13(16)19-2)9-3-4-12(14)20(17,18)11-7-5-10(15)6-8-11/h4-8H,3,9H2,1-2H3. The fourth-order valence-corrected chi connectivity index (χ4v) is 4.28. The Morgan fingerprint density at radius 2 is 1.90 bits per heavy atom. The van der Waals surface area contributed by atoms with Crippen molar-refractivity contribution in [1.82, 2.24) is 0 Å². The lowest BCUT2D eigenvalue weighted by Crippen LogP contribution is -2.32. The van der Waals surface area contributed by atoms with E-state index >= 15 is 0 Å². The van der Waals surface area contributed by atoms with Gasteiger partial charge in [-0.15, -0.1) is 0 Å². The summed E-state index contributed by atoms with van der Waals surface area (Å²) >= 11 is 0. The molecule has 0 amide bonds. The van der Waals surface area contributed by atoms with E-state index in [1.54, 1.807) is 6.92 Å². The van der Waals surface area contributed by atoms with Gasteiger partial charge < -0.3 is 4.74 Å². The number of carbonyl (C=O) groups is 1. The van der Waals surface area contributed by atoms with Crippen molar-refractivity contribution in [3.63, 3.8) is 0 Å². The summed E-state index contributed by atoms with van der Waals surface area (Å²) in [4.78, 5) is 11.9. The maximum atomic E-state index is 12.9. The number of rotatable bonds is 3. The molecule has 0 saturated carbocycles. The molecule has 0 heterocycles. The largest absolute Gasteiger partial charge is 0.468 e. The minimum absolute atomic E-state index is 0.0258. The highest BCUT2D eigenvalue weighted by molar-refractivity contribution is 7.95. The summed E-state index contributed by atoms with van der Waals surface area (Å²) in [6, 6.07) is 4.55. The van der Waals surface area contributed by atoms with Crippen LogP contribution >= 0.6 is 0 Å². The zero-order chi connectivity index (χ0) is 15.0. The first-order valence-electron chi connectivity index (χ1n) is 6.12. The maximum Gasteiger partial charge on any atom is 0.316 e. The molecule has 0 radical (unpaired) electrons. The summed E-state index contributed by atoms with van der Waals surface area (Å²) < 4.78 is 42.8. The van der Waals surface area contributed by atoms with Gasteiger partial charge in [0.1, 0.15) is 11.2 Å². The Morgan fingerprint density at radius 1 is 1.30 bits per heavy atom. The number of methoxy groups -OCH3 is 1. The van der Waals surface area contributed by atoms with Crippen molar-refractivity contribution in [2.45, 2.75) is 24.7 Å². The Kier molecular flexibility index (Phi) is 3.69. The molecule has 1 aromatic carbocycles. The van der Waals surface area contributed by atoms with Crippen LogP contribution in [0.1, 0.15) is 19.8 Å². The molecule has 6 heteroatoms. The number of allylic oxidation sites excluding steroid dienone is 1. The normalized spacial score (nSPS) is 22.4. The third-order valence-electron chi connectivity index (χ3n) is 3.57. The first-order valence-corrected chi connectivity index (χ1v) is 7.60. The Hall–Kier alpha value is -1.69. The Labute approximate surface area is 117 Å². The fourth-order valence-electron chi connectivity index (χ4n) is 2.42. The summed E-state index contributed by atoms with van der Waals surface area (Å²) in [7, 11) is -2.59. The number of hydrogen-bond donors (Lipinski definition) is 0. The molecular formula is C14H15FO4S. The van der Waals surface area contributed by atoms with E-state index in [0.717, 1.165) is 12.1 Å². The summed E-state index contributed by atoms with van der Waals surface area (Å²) in [6.07, 6.45) is 2.41. The van der Waals surface area contributed by atoms with Gasteiger partial charge in [0, 0.05) is 0 Å². The zero-order valence-corrected chi connectivity index (χ0v) is 12.0. The number of halogens is 1. The van der Waals surface area contributed by atoms with E-state index in [1.807, 2.05) is 0 Å². The molecule has 1 unspecified atom stereocenters. The van der Waals surface area contributed by atoms with Gasteiger partial charge >= 0.3 is 5.97 Å². The molecule has 1 aliphatic rings. The number of ether oxygens (including phenoxy) is 1. The van der Waals surface area contributed by atoms with Crippen LogP contribution in [0.15, 0.2) is 40.1 Å². The van der Waals surface area contributed by atoms with Crippen molar-refractivity contribution < 1.29 is 22.3 Å². The van der Waals surface area contributed by atoms with Crippen LogP contribution in [-0.2, 0) is 19.4 Å². The Bertz CT molecular complexity index is 661. The van der Waals surface area contributed by atoms with Crippen LogP contribution in [0, 0.1) is 11.2 Å². The number of carbonyl (C=O) groups excluding carboxylic acids is 1. The predicted octanol–water partition coefficient (Wildman–Crippen LogP) is 2.46. The number of sulfone groups is 1. The van der Waals surface area contributed by atoms with E-state index in [0.29, 0.717) is 12.8 Å². The van der Waals surface area contributed by atoms with E-state index < -0.39 is 27.0 Å². The van der Waals surface area contributed by atoms with Crippen molar-refractivity contribution in [1.29, 1.82) is 0 Å². The quantitative estimate of drug-likeness (QED) is 0.635. The van der Waals surface area contributed by atoms with Gasteiger partial charge in [0.2, 0.25) is 9.84 Å². The number of esters is 1. The molecule has 0 aliphatic heterocycles. The van der Waals surface area contributed by atoms with E-state index in [9.17, 15) is 17.6 Å². The van der Waals surface area contributed by atoms with Crippen molar-refractivity contribution in [3.8, 4) is 0 Å². The molecule has 1 aliphatic carbocycles. The topological polar surface area (TPSA) is 60.4 Å². The number of benzene rings is 1. The predicted molar refractivity (Wildman–Crippen MR) is 71.0 cm³/mol. The third kappa shape index (κ3) is 2.24.